The molecule has 0 N–H and O–H groups in total. The monoisotopic (exact) mass is 220 g/mol. The van der Waals surface area contributed by atoms with E-state index >= 15 is 0 Å². The van der Waals surface area contributed by atoms with Crippen LogP contribution in [0.25, 0.3) is 0 Å². The minimum absolute atomic E-state index is 0.623. The van der Waals surface area contributed by atoms with Crippen LogP contribution >= 0.6 is 35.0 Å². The Kier molecular flexibility index (Phi) is 4.27. The van der Waals surface area contributed by atoms with E-state index in [9.17, 15) is 0 Å². The van der Waals surface area contributed by atoms with Crippen LogP contribution in [-0.4, -0.2) is 5.75 Å². The first-order valence-electron chi connectivity index (χ1n) is 3.82. The predicted molar refractivity (Wildman–Crippen MR) is 57.5 cm³/mol. The molecule has 0 aliphatic rings. The Morgan fingerprint density at radius 1 is 1.25 bits per heavy atom. The number of hydrogen-bond acceptors (Lipinski definition) is 1. The first kappa shape index (κ1) is 10.2. The van der Waals surface area contributed by atoms with Crippen molar-refractivity contribution in [2.24, 2.45) is 0 Å². The van der Waals surface area contributed by atoms with Gasteiger partial charge in [0, 0.05) is 4.90 Å². The van der Waals surface area contributed by atoms with Crippen molar-refractivity contribution in [1.82, 2.24) is 0 Å². The fourth-order valence-corrected chi connectivity index (χ4v) is 1.95. The lowest BCUT2D eigenvalue weighted by molar-refractivity contribution is 1.10. The summed E-state index contributed by atoms with van der Waals surface area (Å²) < 4.78 is 0. The van der Waals surface area contributed by atoms with E-state index < -0.39 is 0 Å². The van der Waals surface area contributed by atoms with E-state index in [-0.39, 0.29) is 0 Å². The maximum absolute atomic E-state index is 5.85. The Balaban J connectivity index is 2.69. The average Bonchev–Trinajstić information content (AvgIpc) is 2.07. The average molecular weight is 221 g/mol. The van der Waals surface area contributed by atoms with Gasteiger partial charge in [-0.15, -0.1) is 11.8 Å². The fourth-order valence-electron chi connectivity index (χ4n) is 0.787. The second-order valence-electron chi connectivity index (χ2n) is 2.42. The molecule has 66 valence electrons. The smallest absolute Gasteiger partial charge is 0.0603 e. The van der Waals surface area contributed by atoms with E-state index in [1.165, 1.54) is 11.3 Å². The zero-order valence-corrected chi connectivity index (χ0v) is 9.14. The Hall–Kier alpha value is 0.150. The Bertz CT molecular complexity index is 261. The maximum atomic E-state index is 5.85. The molecule has 1 aromatic carbocycles. The minimum Gasteiger partial charge on any atom is -0.126 e. The SMILES string of the molecule is CCCSc1ccc(Cl)c(Cl)c1. The van der Waals surface area contributed by atoms with Crippen molar-refractivity contribution in [3.8, 4) is 0 Å². The first-order chi connectivity index (χ1) is 5.74. The van der Waals surface area contributed by atoms with E-state index in [1.54, 1.807) is 11.8 Å². The number of hydrogen-bond donors (Lipinski definition) is 0. The summed E-state index contributed by atoms with van der Waals surface area (Å²) in [5.41, 5.74) is 0. The van der Waals surface area contributed by atoms with Gasteiger partial charge in [-0.3, -0.25) is 0 Å². The molecule has 0 aliphatic heterocycles. The molecule has 0 saturated heterocycles. The van der Waals surface area contributed by atoms with Crippen molar-refractivity contribution in [2.45, 2.75) is 18.2 Å². The molecule has 0 amide bonds. The van der Waals surface area contributed by atoms with Gasteiger partial charge in [0.2, 0.25) is 0 Å². The van der Waals surface area contributed by atoms with Gasteiger partial charge in [0.05, 0.1) is 10.0 Å². The van der Waals surface area contributed by atoms with Gasteiger partial charge in [0.25, 0.3) is 0 Å². The highest BCUT2D eigenvalue weighted by Crippen LogP contribution is 2.27. The zero-order valence-electron chi connectivity index (χ0n) is 6.81. The lowest BCUT2D eigenvalue weighted by Gasteiger charge is -2.00. The van der Waals surface area contributed by atoms with Crippen molar-refractivity contribution in [3.05, 3.63) is 28.2 Å². The van der Waals surface area contributed by atoms with Crippen LogP contribution in [0.2, 0.25) is 10.0 Å². The minimum atomic E-state index is 0.623. The molecular weight excluding hydrogens is 211 g/mol. The summed E-state index contributed by atoms with van der Waals surface area (Å²) in [6, 6.07) is 5.74. The third-order valence-electron chi connectivity index (χ3n) is 1.36. The van der Waals surface area contributed by atoms with Crippen LogP contribution in [0.15, 0.2) is 23.1 Å². The van der Waals surface area contributed by atoms with Crippen LogP contribution < -0.4 is 0 Å². The third-order valence-corrected chi connectivity index (χ3v) is 3.30. The maximum Gasteiger partial charge on any atom is 0.0603 e. The molecule has 1 aromatic rings. The predicted octanol–water partition coefficient (Wildman–Crippen LogP) is 4.50. The molecule has 0 saturated carbocycles. The summed E-state index contributed by atoms with van der Waals surface area (Å²) in [7, 11) is 0. The molecule has 1 rings (SSSR count). The second-order valence-corrected chi connectivity index (χ2v) is 4.41. The normalized spacial score (nSPS) is 10.2. The van der Waals surface area contributed by atoms with Crippen LogP contribution in [0.5, 0.6) is 0 Å². The van der Waals surface area contributed by atoms with Crippen LogP contribution in [-0.2, 0) is 0 Å². The van der Waals surface area contributed by atoms with Gasteiger partial charge >= 0.3 is 0 Å². The quantitative estimate of drug-likeness (QED) is 0.677. The molecular formula is C9H10Cl2S. The van der Waals surface area contributed by atoms with Gasteiger partial charge in [-0.05, 0) is 30.4 Å². The molecule has 0 unspecified atom stereocenters. The molecule has 0 atom stereocenters. The molecule has 0 radical (unpaired) electrons. The summed E-state index contributed by atoms with van der Waals surface area (Å²) in [4.78, 5) is 1.19. The van der Waals surface area contributed by atoms with Crippen LogP contribution in [0, 0.1) is 0 Å². The number of rotatable bonds is 3. The van der Waals surface area contributed by atoms with Crippen LogP contribution in [0.1, 0.15) is 13.3 Å². The highest BCUT2D eigenvalue weighted by Gasteiger charge is 1.98. The van der Waals surface area contributed by atoms with Crippen molar-refractivity contribution < 1.29 is 0 Å². The molecule has 0 aliphatic carbocycles. The standard InChI is InChI=1S/C9H10Cl2S/c1-2-5-12-7-3-4-8(10)9(11)6-7/h3-4,6H,2,5H2,1H3. The van der Waals surface area contributed by atoms with E-state index in [1.807, 2.05) is 18.2 Å². The summed E-state index contributed by atoms with van der Waals surface area (Å²) in [5.74, 6) is 1.12. The molecule has 0 heterocycles. The molecule has 0 nitrogen and oxygen atoms in total. The third kappa shape index (κ3) is 2.89. The molecule has 0 aromatic heterocycles. The summed E-state index contributed by atoms with van der Waals surface area (Å²) in [6.07, 6.45) is 1.17. The lowest BCUT2D eigenvalue weighted by Crippen LogP contribution is -1.76. The van der Waals surface area contributed by atoms with Gasteiger partial charge in [0.1, 0.15) is 0 Å². The lowest BCUT2D eigenvalue weighted by atomic mass is 10.4. The highest BCUT2D eigenvalue weighted by molar-refractivity contribution is 7.99. The molecule has 3 heteroatoms. The van der Waals surface area contributed by atoms with Gasteiger partial charge in [-0.2, -0.15) is 0 Å². The number of benzene rings is 1. The van der Waals surface area contributed by atoms with Gasteiger partial charge < -0.3 is 0 Å². The van der Waals surface area contributed by atoms with E-state index in [2.05, 4.69) is 6.92 Å². The topological polar surface area (TPSA) is 0 Å². The van der Waals surface area contributed by atoms with E-state index in [4.69, 9.17) is 23.2 Å². The van der Waals surface area contributed by atoms with Crippen molar-refractivity contribution in [3.63, 3.8) is 0 Å². The van der Waals surface area contributed by atoms with Gasteiger partial charge in [-0.25, -0.2) is 0 Å². The van der Waals surface area contributed by atoms with Crippen molar-refractivity contribution in [2.75, 3.05) is 5.75 Å². The van der Waals surface area contributed by atoms with Crippen molar-refractivity contribution >= 4 is 35.0 Å². The zero-order chi connectivity index (χ0) is 8.97. The molecule has 12 heavy (non-hydrogen) atoms. The summed E-state index contributed by atoms with van der Waals surface area (Å²) in [6.45, 7) is 2.16. The van der Waals surface area contributed by atoms with Crippen LogP contribution in [0.4, 0.5) is 0 Å². The Labute approximate surface area is 87.3 Å². The molecule has 0 fully saturated rings. The van der Waals surface area contributed by atoms with Gasteiger partial charge in [-0.1, -0.05) is 30.1 Å². The van der Waals surface area contributed by atoms with Gasteiger partial charge in [0.15, 0.2) is 0 Å². The van der Waals surface area contributed by atoms with E-state index in [0.717, 1.165) is 5.75 Å². The largest absolute Gasteiger partial charge is 0.126 e. The second kappa shape index (κ2) is 5.00. The summed E-state index contributed by atoms with van der Waals surface area (Å²) in [5, 5.41) is 1.26. The van der Waals surface area contributed by atoms with Crippen LogP contribution in [0.3, 0.4) is 0 Å². The molecule has 0 bridgehead atoms. The Morgan fingerprint density at radius 3 is 2.58 bits per heavy atom. The number of thioether (sulfide) groups is 1. The Morgan fingerprint density at radius 2 is 2.00 bits per heavy atom. The molecule has 0 spiro atoms. The fraction of sp³-hybridized carbons (Fsp3) is 0.333. The van der Waals surface area contributed by atoms with Crippen molar-refractivity contribution in [1.29, 1.82) is 0 Å². The number of halogens is 2. The highest BCUT2D eigenvalue weighted by atomic mass is 35.5. The first-order valence-corrected chi connectivity index (χ1v) is 5.56. The van der Waals surface area contributed by atoms with E-state index in [0.29, 0.717) is 10.0 Å². The summed E-state index contributed by atoms with van der Waals surface area (Å²) >= 11 is 13.4.